The van der Waals surface area contributed by atoms with Gasteiger partial charge in [-0.1, -0.05) is 30.3 Å². The molecule has 1 unspecified atom stereocenters. The summed E-state index contributed by atoms with van der Waals surface area (Å²) in [6.07, 6.45) is 2.12. The molecule has 0 saturated heterocycles. The van der Waals surface area contributed by atoms with Gasteiger partial charge in [0.2, 0.25) is 0 Å². The summed E-state index contributed by atoms with van der Waals surface area (Å²) in [5.41, 5.74) is 1.14. The largest absolute Gasteiger partial charge is 0.489 e. The van der Waals surface area contributed by atoms with E-state index in [-0.39, 0.29) is 12.5 Å². The lowest BCUT2D eigenvalue weighted by atomic mass is 9.96. The summed E-state index contributed by atoms with van der Waals surface area (Å²) >= 11 is 0. The van der Waals surface area contributed by atoms with Crippen molar-refractivity contribution in [2.75, 3.05) is 6.61 Å². The summed E-state index contributed by atoms with van der Waals surface area (Å²) in [5, 5.41) is 12.5. The maximum Gasteiger partial charge on any atom is 0.251 e. The first-order valence-corrected chi connectivity index (χ1v) is 8.31. The lowest BCUT2D eigenvalue weighted by Crippen LogP contribution is -2.50. The number of ether oxygens (including phenoxy) is 1. The van der Waals surface area contributed by atoms with Crippen molar-refractivity contribution in [3.8, 4) is 5.75 Å². The van der Waals surface area contributed by atoms with Gasteiger partial charge >= 0.3 is 0 Å². The van der Waals surface area contributed by atoms with Crippen LogP contribution in [-0.2, 0) is 6.61 Å². The maximum atomic E-state index is 12.4. The van der Waals surface area contributed by atoms with Gasteiger partial charge < -0.3 is 15.2 Å². The van der Waals surface area contributed by atoms with Crippen molar-refractivity contribution >= 4 is 5.91 Å². The molecule has 1 fully saturated rings. The molecule has 4 nitrogen and oxygen atoms in total. The smallest absolute Gasteiger partial charge is 0.251 e. The van der Waals surface area contributed by atoms with Crippen LogP contribution in [0.3, 0.4) is 0 Å². The molecule has 0 radical (unpaired) electrons. The molecule has 1 amide bonds. The van der Waals surface area contributed by atoms with Crippen LogP contribution in [0.25, 0.3) is 0 Å². The van der Waals surface area contributed by atoms with Crippen LogP contribution in [0.2, 0.25) is 0 Å². The summed E-state index contributed by atoms with van der Waals surface area (Å²) in [6.45, 7) is 2.36. The Bertz CT molecular complexity index is 680. The highest BCUT2D eigenvalue weighted by Gasteiger charge is 2.42. The van der Waals surface area contributed by atoms with Crippen LogP contribution in [0, 0.1) is 5.92 Å². The molecular weight excluding hydrogens is 302 g/mol. The molecule has 2 aromatic rings. The second kappa shape index (κ2) is 7.05. The van der Waals surface area contributed by atoms with Crippen molar-refractivity contribution in [1.82, 2.24) is 5.32 Å². The zero-order chi connectivity index (χ0) is 17.0. The van der Waals surface area contributed by atoms with Gasteiger partial charge in [-0.15, -0.1) is 0 Å². The molecule has 1 aliphatic carbocycles. The molecule has 126 valence electrons. The Morgan fingerprint density at radius 1 is 1.17 bits per heavy atom. The van der Waals surface area contributed by atoms with E-state index in [1.165, 1.54) is 0 Å². The quantitative estimate of drug-likeness (QED) is 0.822. The minimum atomic E-state index is -0.528. The average Bonchev–Trinajstić information content (AvgIpc) is 3.47. The average molecular weight is 325 g/mol. The number of aliphatic hydroxyl groups is 1. The zero-order valence-corrected chi connectivity index (χ0v) is 13.9. The van der Waals surface area contributed by atoms with E-state index in [1.807, 2.05) is 37.3 Å². The first kappa shape index (κ1) is 16.5. The van der Waals surface area contributed by atoms with Gasteiger partial charge in [0.1, 0.15) is 12.4 Å². The summed E-state index contributed by atoms with van der Waals surface area (Å²) in [7, 11) is 0. The molecule has 0 spiro atoms. The monoisotopic (exact) mass is 325 g/mol. The fourth-order valence-electron chi connectivity index (χ4n) is 2.77. The second-order valence-corrected chi connectivity index (χ2v) is 6.60. The third kappa shape index (κ3) is 3.95. The van der Waals surface area contributed by atoms with Gasteiger partial charge in [0, 0.05) is 5.56 Å². The SMILES string of the molecule is CC(CO)(NC(=O)c1ccc(OCc2ccccc2)cc1)C1CC1. The van der Waals surface area contributed by atoms with E-state index in [0.717, 1.165) is 24.2 Å². The Hall–Kier alpha value is -2.33. The molecule has 0 heterocycles. The maximum absolute atomic E-state index is 12.4. The highest BCUT2D eigenvalue weighted by Crippen LogP contribution is 2.39. The summed E-state index contributed by atoms with van der Waals surface area (Å²) in [6, 6.07) is 17.0. The Balaban J connectivity index is 1.58. The van der Waals surface area contributed by atoms with Gasteiger partial charge in [-0.3, -0.25) is 4.79 Å². The first-order valence-electron chi connectivity index (χ1n) is 8.31. The molecule has 0 bridgehead atoms. The molecule has 2 N–H and O–H groups in total. The highest BCUT2D eigenvalue weighted by molar-refractivity contribution is 5.94. The number of rotatable bonds is 7. The first-order chi connectivity index (χ1) is 11.6. The summed E-state index contributed by atoms with van der Waals surface area (Å²) < 4.78 is 5.73. The summed E-state index contributed by atoms with van der Waals surface area (Å²) in [5.74, 6) is 0.940. The predicted octanol–water partition coefficient (Wildman–Crippen LogP) is 3.16. The number of nitrogens with one attached hydrogen (secondary N) is 1. The Kier molecular flexibility index (Phi) is 4.86. The van der Waals surface area contributed by atoms with Gasteiger partial charge in [-0.05, 0) is 55.5 Å². The van der Waals surface area contributed by atoms with Crippen molar-refractivity contribution in [2.45, 2.75) is 31.9 Å². The number of aliphatic hydroxyl groups excluding tert-OH is 1. The third-order valence-corrected chi connectivity index (χ3v) is 4.57. The standard InChI is InChI=1S/C20H23NO3/c1-20(14-22,17-9-10-17)21-19(23)16-7-11-18(12-8-16)24-13-15-5-3-2-4-6-15/h2-8,11-12,17,22H,9-10,13-14H2,1H3,(H,21,23). The predicted molar refractivity (Wildman–Crippen MR) is 92.9 cm³/mol. The number of hydrogen-bond acceptors (Lipinski definition) is 3. The minimum absolute atomic E-state index is 0.0400. The fraction of sp³-hybridized carbons (Fsp3) is 0.350. The van der Waals surface area contributed by atoms with E-state index in [2.05, 4.69) is 5.32 Å². The number of carbonyl (C=O) groups excluding carboxylic acids is 1. The molecule has 0 aliphatic heterocycles. The van der Waals surface area contributed by atoms with Crippen molar-refractivity contribution in [3.05, 3.63) is 65.7 Å². The van der Waals surface area contributed by atoms with Crippen LogP contribution in [0.1, 0.15) is 35.7 Å². The van der Waals surface area contributed by atoms with Gasteiger partial charge in [-0.25, -0.2) is 0 Å². The van der Waals surface area contributed by atoms with E-state index in [0.29, 0.717) is 18.1 Å². The van der Waals surface area contributed by atoms with Crippen LogP contribution in [0.15, 0.2) is 54.6 Å². The van der Waals surface area contributed by atoms with Gasteiger partial charge in [0.05, 0.1) is 12.1 Å². The molecular formula is C20H23NO3. The number of benzene rings is 2. The van der Waals surface area contributed by atoms with Crippen LogP contribution >= 0.6 is 0 Å². The molecule has 24 heavy (non-hydrogen) atoms. The number of carbonyl (C=O) groups is 1. The zero-order valence-electron chi connectivity index (χ0n) is 13.9. The van der Waals surface area contributed by atoms with Crippen LogP contribution in [0.4, 0.5) is 0 Å². The fourth-order valence-corrected chi connectivity index (χ4v) is 2.77. The molecule has 1 atom stereocenters. The lowest BCUT2D eigenvalue weighted by Gasteiger charge is -2.28. The number of amides is 1. The Morgan fingerprint density at radius 2 is 1.83 bits per heavy atom. The molecule has 0 aromatic heterocycles. The van der Waals surface area contributed by atoms with E-state index in [9.17, 15) is 9.90 Å². The lowest BCUT2D eigenvalue weighted by molar-refractivity contribution is 0.0824. The molecule has 1 saturated carbocycles. The van der Waals surface area contributed by atoms with E-state index in [4.69, 9.17) is 4.74 Å². The van der Waals surface area contributed by atoms with Crippen LogP contribution < -0.4 is 10.1 Å². The normalized spacial score (nSPS) is 16.2. The van der Waals surface area contributed by atoms with Crippen molar-refractivity contribution < 1.29 is 14.6 Å². The van der Waals surface area contributed by atoms with E-state index < -0.39 is 5.54 Å². The number of hydrogen-bond donors (Lipinski definition) is 2. The highest BCUT2D eigenvalue weighted by atomic mass is 16.5. The minimum Gasteiger partial charge on any atom is -0.489 e. The molecule has 4 heteroatoms. The molecule has 3 rings (SSSR count). The van der Waals surface area contributed by atoms with Crippen molar-refractivity contribution in [3.63, 3.8) is 0 Å². The van der Waals surface area contributed by atoms with Crippen molar-refractivity contribution in [2.24, 2.45) is 5.92 Å². The Labute approximate surface area is 142 Å². The van der Waals surface area contributed by atoms with Crippen LogP contribution in [-0.4, -0.2) is 23.2 Å². The second-order valence-electron chi connectivity index (χ2n) is 6.60. The van der Waals surface area contributed by atoms with E-state index >= 15 is 0 Å². The van der Waals surface area contributed by atoms with Gasteiger partial charge in [0.15, 0.2) is 0 Å². The van der Waals surface area contributed by atoms with E-state index in [1.54, 1.807) is 24.3 Å². The molecule has 1 aliphatic rings. The molecule has 2 aromatic carbocycles. The topological polar surface area (TPSA) is 58.6 Å². The van der Waals surface area contributed by atoms with Crippen molar-refractivity contribution in [1.29, 1.82) is 0 Å². The summed E-state index contributed by atoms with van der Waals surface area (Å²) in [4.78, 5) is 12.4. The van der Waals surface area contributed by atoms with Crippen LogP contribution in [0.5, 0.6) is 5.75 Å². The third-order valence-electron chi connectivity index (χ3n) is 4.57. The van der Waals surface area contributed by atoms with Gasteiger partial charge in [-0.2, -0.15) is 0 Å². The van der Waals surface area contributed by atoms with Gasteiger partial charge in [0.25, 0.3) is 5.91 Å². The Morgan fingerprint density at radius 3 is 2.42 bits per heavy atom.